The lowest BCUT2D eigenvalue weighted by Gasteiger charge is -2.21. The third kappa shape index (κ3) is 51.3. The van der Waals surface area contributed by atoms with Gasteiger partial charge in [0, 0.05) is 19.3 Å². The minimum Gasteiger partial charge on any atom is -0.462 e. The Morgan fingerprint density at radius 1 is 0.403 bits per heavy atom. The number of rotatable bonds is 51. The van der Waals surface area contributed by atoms with Crippen LogP contribution in [0.4, 0.5) is 0 Å². The van der Waals surface area contributed by atoms with Crippen LogP contribution in [-0.4, -0.2) is 66.5 Å². The molecule has 3 unspecified atom stereocenters. The van der Waals surface area contributed by atoms with Gasteiger partial charge in [-0.25, -0.2) is 4.57 Å². The summed E-state index contributed by atoms with van der Waals surface area (Å²) in [7, 11) is -4.76. The third-order valence-corrected chi connectivity index (χ3v) is 12.4. The van der Waals surface area contributed by atoms with E-state index in [0.717, 1.165) is 167 Å². The van der Waals surface area contributed by atoms with Gasteiger partial charge in [0.15, 0.2) is 6.10 Å². The summed E-state index contributed by atoms with van der Waals surface area (Å²) in [6, 6.07) is 0. The Bertz CT molecular complexity index is 1580. The van der Waals surface area contributed by atoms with Crippen LogP contribution in [-0.2, 0) is 42.2 Å². The van der Waals surface area contributed by atoms with Crippen LogP contribution >= 0.6 is 7.82 Å². The molecule has 0 heterocycles. The van der Waals surface area contributed by atoms with Gasteiger partial charge in [0.2, 0.25) is 0 Å². The van der Waals surface area contributed by atoms with Gasteiger partial charge in [-0.05, 0) is 109 Å². The number of carbonyl (C=O) groups is 3. The van der Waals surface area contributed by atoms with E-state index in [1.165, 1.54) is 0 Å². The summed E-state index contributed by atoms with van der Waals surface area (Å²) >= 11 is 0. The van der Waals surface area contributed by atoms with Gasteiger partial charge in [0.25, 0.3) is 0 Å². The van der Waals surface area contributed by atoms with Crippen molar-refractivity contribution in [3.8, 4) is 0 Å². The quantitative estimate of drug-likeness (QED) is 0.0197. The maximum atomic E-state index is 12.9. The first-order valence-corrected chi connectivity index (χ1v) is 29.6. The zero-order valence-corrected chi connectivity index (χ0v) is 46.3. The molecule has 0 aliphatic rings. The van der Waals surface area contributed by atoms with Gasteiger partial charge in [-0.15, -0.1) is 0 Å². The topological polar surface area (TPSA) is 155 Å². The first kappa shape index (κ1) is 68.4. The fraction of sp³-hybridized carbons (Fsp3) is 0.683. The van der Waals surface area contributed by atoms with Crippen LogP contribution in [0.25, 0.3) is 0 Å². The van der Waals surface area contributed by atoms with Crippen LogP contribution in [0.3, 0.4) is 0 Å². The lowest BCUT2D eigenvalue weighted by Crippen LogP contribution is -2.30. The van der Waals surface area contributed by atoms with Crippen molar-refractivity contribution >= 4 is 25.7 Å². The lowest BCUT2D eigenvalue weighted by molar-refractivity contribution is -0.161. The van der Waals surface area contributed by atoms with Gasteiger partial charge in [-0.3, -0.25) is 23.4 Å². The second kappa shape index (κ2) is 53.7. The molecule has 12 heteroatoms. The molecule has 0 fully saturated rings. The van der Waals surface area contributed by atoms with E-state index in [1.807, 2.05) is 0 Å². The maximum absolute atomic E-state index is 12.9. The number of aliphatic hydroxyl groups is 1. The van der Waals surface area contributed by atoms with Crippen molar-refractivity contribution in [1.29, 1.82) is 0 Å². The zero-order chi connectivity index (χ0) is 52.7. The van der Waals surface area contributed by atoms with E-state index in [0.29, 0.717) is 19.3 Å². The number of ether oxygens (including phenoxy) is 3. The molecular weight excluding hydrogens is 928 g/mol. The van der Waals surface area contributed by atoms with Gasteiger partial charge in [0.1, 0.15) is 12.7 Å². The smallest absolute Gasteiger partial charge is 0.462 e. The van der Waals surface area contributed by atoms with Gasteiger partial charge < -0.3 is 24.2 Å². The highest BCUT2D eigenvalue weighted by molar-refractivity contribution is 7.47. The summed E-state index contributed by atoms with van der Waals surface area (Å²) in [5, 5.41) is 9.79. The number of carbonyl (C=O) groups excluding carboxylic acids is 3. The van der Waals surface area contributed by atoms with Gasteiger partial charge in [-0.1, -0.05) is 195 Å². The van der Waals surface area contributed by atoms with Crippen LogP contribution in [0.2, 0.25) is 0 Å². The normalized spacial score (nSPS) is 14.1. The summed E-state index contributed by atoms with van der Waals surface area (Å²) in [6.07, 6.45) is 62.2. The molecule has 0 aromatic heterocycles. The monoisotopic (exact) mass is 1030 g/mol. The maximum Gasteiger partial charge on any atom is 0.472 e. The van der Waals surface area contributed by atoms with Crippen LogP contribution in [0, 0.1) is 0 Å². The summed E-state index contributed by atoms with van der Waals surface area (Å²) in [5.41, 5.74) is 0. The molecule has 2 N–H and O–H groups in total. The van der Waals surface area contributed by atoms with Gasteiger partial charge >= 0.3 is 25.7 Å². The lowest BCUT2D eigenvalue weighted by atomic mass is 10.1. The molecule has 0 rings (SSSR count). The first-order chi connectivity index (χ1) is 35.2. The highest BCUT2D eigenvalue weighted by atomic mass is 31.2. The molecule has 0 radical (unpaired) electrons. The van der Waals surface area contributed by atoms with Crippen molar-refractivity contribution in [1.82, 2.24) is 0 Å². The number of phosphoric acid groups is 1. The van der Waals surface area contributed by atoms with E-state index < -0.39 is 57.8 Å². The third-order valence-electron chi connectivity index (χ3n) is 11.4. The van der Waals surface area contributed by atoms with E-state index in [4.69, 9.17) is 23.3 Å². The van der Waals surface area contributed by atoms with Gasteiger partial charge in [0.05, 0.1) is 19.8 Å². The molecule has 412 valence electrons. The Hall–Kier alpha value is -3.60. The standard InChI is InChI=1S/C60H101O11P/c1-4-7-10-13-16-19-22-25-26-27-28-29-30-33-34-37-40-43-46-49-58(62)67-53-57(71-60(64)51-48-45-42-39-36-32-24-21-18-15-12-9-6-3)55-69-72(65,66)68-54-56(52-61)70-59(63)50-47-44-41-38-35-31-23-20-17-14-11-8-5-2/h7,10-12,14-16,19-21,23-26,28-29,56-57,61H,4-6,8-9,13,17-18,22,27,30-55H2,1-3H3,(H,65,66)/b10-7-,14-11-,15-12-,19-16-,23-20-,24-21-,26-25-,29-28-. The molecule has 0 aromatic rings. The number of phosphoric ester groups is 1. The minimum absolute atomic E-state index is 0.143. The molecule has 0 spiro atoms. The number of allylic oxidation sites excluding steroid dienone is 16. The summed E-state index contributed by atoms with van der Waals surface area (Å²) in [4.78, 5) is 48.5. The van der Waals surface area contributed by atoms with Gasteiger partial charge in [-0.2, -0.15) is 0 Å². The van der Waals surface area contributed by atoms with Crippen molar-refractivity contribution < 1.29 is 52.2 Å². The van der Waals surface area contributed by atoms with E-state index in [-0.39, 0.29) is 25.9 Å². The van der Waals surface area contributed by atoms with Crippen LogP contribution in [0.5, 0.6) is 0 Å². The number of aliphatic hydroxyl groups excluding tert-OH is 1. The molecule has 11 nitrogen and oxygen atoms in total. The van der Waals surface area contributed by atoms with Crippen molar-refractivity contribution in [2.45, 2.75) is 238 Å². The zero-order valence-electron chi connectivity index (χ0n) is 45.4. The molecular formula is C60H101O11P. The molecule has 72 heavy (non-hydrogen) atoms. The van der Waals surface area contributed by atoms with E-state index in [1.54, 1.807) is 0 Å². The van der Waals surface area contributed by atoms with Crippen molar-refractivity contribution in [2.24, 2.45) is 0 Å². The number of hydrogen-bond donors (Lipinski definition) is 2. The van der Waals surface area contributed by atoms with Crippen LogP contribution in [0.1, 0.15) is 226 Å². The molecule has 0 aromatic carbocycles. The van der Waals surface area contributed by atoms with E-state index >= 15 is 0 Å². The van der Waals surface area contributed by atoms with E-state index in [2.05, 4.69) is 118 Å². The Labute approximate surface area is 438 Å². The number of esters is 3. The molecule has 0 saturated carbocycles. The fourth-order valence-electron chi connectivity index (χ4n) is 7.19. The summed E-state index contributed by atoms with van der Waals surface area (Å²) in [5.74, 6) is -1.52. The SMILES string of the molecule is CC/C=C\C/C=C\C/C=C\C/C=C\CCCCCCCCC(=O)OCC(COP(=O)(O)OCC(CO)OC(=O)CCCCCCC/C=C\C/C=C\CCC)OC(=O)CCCCCCC/C=C\C/C=C\CCC. The average molecular weight is 1030 g/mol. The Balaban J connectivity index is 4.76. The Morgan fingerprint density at radius 2 is 0.722 bits per heavy atom. The van der Waals surface area contributed by atoms with Crippen molar-refractivity contribution in [3.63, 3.8) is 0 Å². The Kier molecular flexibility index (Phi) is 51.0. The second-order valence-electron chi connectivity index (χ2n) is 18.4. The molecule has 0 saturated heterocycles. The minimum atomic E-state index is -4.76. The van der Waals surface area contributed by atoms with Crippen molar-refractivity contribution in [3.05, 3.63) is 97.2 Å². The largest absolute Gasteiger partial charge is 0.472 e. The average Bonchev–Trinajstić information content (AvgIpc) is 3.37. The summed E-state index contributed by atoms with van der Waals surface area (Å²) < 4.78 is 39.4. The summed E-state index contributed by atoms with van der Waals surface area (Å²) in [6.45, 7) is 4.34. The number of unbranched alkanes of at least 4 members (excludes halogenated alkanes) is 18. The highest BCUT2D eigenvalue weighted by Crippen LogP contribution is 2.43. The van der Waals surface area contributed by atoms with E-state index in [9.17, 15) is 28.9 Å². The molecule has 0 aliphatic carbocycles. The predicted octanol–water partition coefficient (Wildman–Crippen LogP) is 16.5. The predicted molar refractivity (Wildman–Crippen MR) is 297 cm³/mol. The van der Waals surface area contributed by atoms with Crippen LogP contribution in [0.15, 0.2) is 97.2 Å². The Morgan fingerprint density at radius 3 is 1.11 bits per heavy atom. The first-order valence-electron chi connectivity index (χ1n) is 28.1. The number of hydrogen-bond acceptors (Lipinski definition) is 10. The fourth-order valence-corrected chi connectivity index (χ4v) is 7.97. The highest BCUT2D eigenvalue weighted by Gasteiger charge is 2.28. The molecule has 0 aliphatic heterocycles. The van der Waals surface area contributed by atoms with Crippen LogP contribution < -0.4 is 0 Å². The second-order valence-corrected chi connectivity index (χ2v) is 19.8. The molecule has 3 atom stereocenters. The molecule has 0 bridgehead atoms. The van der Waals surface area contributed by atoms with Crippen molar-refractivity contribution in [2.75, 3.05) is 26.4 Å². The molecule has 0 amide bonds.